The molecule has 2 fully saturated rings. The first-order valence-electron chi connectivity index (χ1n) is 16.5. The smallest absolute Gasteiger partial charge is 0.407 e. The highest BCUT2D eigenvalue weighted by molar-refractivity contribution is 5.79. The van der Waals surface area contributed by atoms with Gasteiger partial charge in [0.1, 0.15) is 5.75 Å². The number of hydrogen-bond donors (Lipinski definition) is 2. The molecule has 3 aromatic rings. The van der Waals surface area contributed by atoms with Crippen LogP contribution < -0.4 is 15.4 Å². The molecule has 1 unspecified atom stereocenters. The average molecular weight is 615 g/mol. The molecule has 2 aromatic carbocycles. The first kappa shape index (κ1) is 32.6. The summed E-state index contributed by atoms with van der Waals surface area (Å²) >= 11 is 0. The number of amides is 2. The van der Waals surface area contributed by atoms with Crippen molar-refractivity contribution in [2.45, 2.75) is 103 Å². The molecular weight excluding hydrogens is 564 g/mol. The lowest BCUT2D eigenvalue weighted by Gasteiger charge is -2.39. The zero-order chi connectivity index (χ0) is 32.1. The van der Waals surface area contributed by atoms with Crippen molar-refractivity contribution in [1.82, 2.24) is 20.4 Å². The summed E-state index contributed by atoms with van der Waals surface area (Å²) < 4.78 is 12.3. The van der Waals surface area contributed by atoms with Gasteiger partial charge in [0.05, 0.1) is 26.5 Å². The van der Waals surface area contributed by atoms with E-state index >= 15 is 0 Å². The van der Waals surface area contributed by atoms with E-state index in [2.05, 4.69) is 85.2 Å². The first-order valence-corrected chi connectivity index (χ1v) is 16.5. The molecule has 2 N–H and O–H groups in total. The lowest BCUT2D eigenvalue weighted by atomic mass is 9.73. The highest BCUT2D eigenvalue weighted by Crippen LogP contribution is 2.43. The molecule has 8 heteroatoms. The highest BCUT2D eigenvalue weighted by atomic mass is 16.5. The third-order valence-electron chi connectivity index (χ3n) is 10.2. The standard InChI is InChI=1S/C37H50N4O4/c1-24(2)41-23-32(22-38-41)29-8-7-9-31(21-29)34(39-35(42)28-16-18-37(4,19-17-28)40-36(43)45-6)27-12-10-26(11-13-27)30-14-15-33(44-5)25(3)20-30/h7-9,14-15,20-24,26-28,34H,10-13,16-19H2,1-6H3,(H,39,42)(H,40,43). The normalized spacial score (nSPS) is 24.1. The van der Waals surface area contributed by atoms with Gasteiger partial charge in [-0.3, -0.25) is 9.48 Å². The average Bonchev–Trinajstić information content (AvgIpc) is 3.55. The molecule has 8 nitrogen and oxygen atoms in total. The van der Waals surface area contributed by atoms with Crippen LogP contribution in [0.2, 0.25) is 0 Å². The van der Waals surface area contributed by atoms with Gasteiger partial charge in [0.2, 0.25) is 5.91 Å². The second-order valence-electron chi connectivity index (χ2n) is 13.7. The molecule has 1 heterocycles. The van der Waals surface area contributed by atoms with Gasteiger partial charge >= 0.3 is 6.09 Å². The van der Waals surface area contributed by atoms with Gasteiger partial charge in [0.15, 0.2) is 0 Å². The first-order chi connectivity index (χ1) is 21.6. The van der Waals surface area contributed by atoms with Crippen LogP contribution in [0, 0.1) is 18.8 Å². The number of benzene rings is 2. The zero-order valence-electron chi connectivity index (χ0n) is 27.8. The summed E-state index contributed by atoms with van der Waals surface area (Å²) in [6, 6.07) is 15.4. The summed E-state index contributed by atoms with van der Waals surface area (Å²) in [5.74, 6) is 1.82. The van der Waals surface area contributed by atoms with Crippen molar-refractivity contribution in [2.75, 3.05) is 14.2 Å². The lowest BCUT2D eigenvalue weighted by Crippen LogP contribution is -2.50. The van der Waals surface area contributed by atoms with Crippen molar-refractivity contribution < 1.29 is 19.1 Å². The van der Waals surface area contributed by atoms with Crippen molar-refractivity contribution >= 4 is 12.0 Å². The molecule has 1 atom stereocenters. The third kappa shape index (κ3) is 7.71. The van der Waals surface area contributed by atoms with Crippen LogP contribution in [0.25, 0.3) is 11.1 Å². The maximum Gasteiger partial charge on any atom is 0.407 e. The molecule has 242 valence electrons. The molecule has 2 aliphatic rings. The van der Waals surface area contributed by atoms with Crippen LogP contribution >= 0.6 is 0 Å². The number of carbonyl (C=O) groups excluding carboxylic acids is 2. The predicted molar refractivity (Wildman–Crippen MR) is 177 cm³/mol. The Hall–Kier alpha value is -3.81. The number of carbonyl (C=O) groups is 2. The van der Waals surface area contributed by atoms with Crippen molar-refractivity contribution in [3.8, 4) is 16.9 Å². The molecular formula is C37H50N4O4. The van der Waals surface area contributed by atoms with E-state index in [1.54, 1.807) is 7.11 Å². The molecule has 0 bridgehead atoms. The minimum absolute atomic E-state index is 0.0716. The molecule has 2 saturated carbocycles. The van der Waals surface area contributed by atoms with Gasteiger partial charge in [-0.15, -0.1) is 0 Å². The van der Waals surface area contributed by atoms with Crippen LogP contribution in [0.5, 0.6) is 5.75 Å². The Bertz CT molecular complexity index is 1460. The molecule has 45 heavy (non-hydrogen) atoms. The number of aryl methyl sites for hydroxylation is 1. The Morgan fingerprint density at radius 1 is 0.978 bits per heavy atom. The molecule has 0 radical (unpaired) electrons. The Morgan fingerprint density at radius 3 is 2.33 bits per heavy atom. The molecule has 5 rings (SSSR count). The van der Waals surface area contributed by atoms with Crippen molar-refractivity contribution in [2.24, 2.45) is 11.8 Å². The van der Waals surface area contributed by atoms with E-state index < -0.39 is 6.09 Å². The second kappa shape index (κ2) is 14.1. The van der Waals surface area contributed by atoms with E-state index in [9.17, 15) is 9.59 Å². The van der Waals surface area contributed by atoms with Gasteiger partial charge < -0.3 is 20.1 Å². The number of hydrogen-bond acceptors (Lipinski definition) is 5. The number of rotatable bonds is 9. The number of ether oxygens (including phenoxy) is 2. The van der Waals surface area contributed by atoms with E-state index in [-0.39, 0.29) is 23.4 Å². The van der Waals surface area contributed by atoms with Gasteiger partial charge in [-0.2, -0.15) is 5.10 Å². The Balaban J connectivity index is 1.34. The Labute approximate surface area is 268 Å². The summed E-state index contributed by atoms with van der Waals surface area (Å²) in [5.41, 5.74) is 5.54. The minimum atomic E-state index is -0.417. The SMILES string of the molecule is COC(=O)NC1(C)CCC(C(=O)NC(c2cccc(-c3cnn(C(C)C)c3)c2)C2CCC(c3ccc(OC)c(C)c3)CC2)CC1. The summed E-state index contributed by atoms with van der Waals surface area (Å²) in [6.07, 6.45) is 10.8. The van der Waals surface area contributed by atoms with Crippen LogP contribution in [0.3, 0.4) is 0 Å². The number of alkyl carbamates (subject to hydrolysis) is 1. The quantitative estimate of drug-likeness (QED) is 0.256. The van der Waals surface area contributed by atoms with Crippen LogP contribution in [0.1, 0.15) is 107 Å². The van der Waals surface area contributed by atoms with Crippen LogP contribution in [0.15, 0.2) is 54.9 Å². The number of aromatic nitrogens is 2. The van der Waals surface area contributed by atoms with E-state index in [1.807, 2.05) is 17.8 Å². The Kier molecular flexibility index (Phi) is 10.2. The summed E-state index contributed by atoms with van der Waals surface area (Å²) in [6.45, 7) is 8.40. The van der Waals surface area contributed by atoms with Crippen molar-refractivity contribution in [1.29, 1.82) is 0 Å². The van der Waals surface area contributed by atoms with Gasteiger partial charge in [-0.25, -0.2) is 4.79 Å². The van der Waals surface area contributed by atoms with Gasteiger partial charge in [0.25, 0.3) is 0 Å². The van der Waals surface area contributed by atoms with E-state index in [1.165, 1.54) is 18.2 Å². The van der Waals surface area contributed by atoms with Crippen molar-refractivity contribution in [3.05, 3.63) is 71.5 Å². The Morgan fingerprint density at radius 2 is 1.71 bits per heavy atom. The molecule has 1 aromatic heterocycles. The lowest BCUT2D eigenvalue weighted by molar-refractivity contribution is -0.127. The molecule has 2 amide bonds. The summed E-state index contributed by atoms with van der Waals surface area (Å²) in [4.78, 5) is 25.8. The number of nitrogens with zero attached hydrogens (tertiary/aromatic N) is 2. The zero-order valence-corrected chi connectivity index (χ0v) is 27.8. The van der Waals surface area contributed by atoms with E-state index in [0.29, 0.717) is 17.9 Å². The van der Waals surface area contributed by atoms with Crippen LogP contribution in [-0.2, 0) is 9.53 Å². The summed E-state index contributed by atoms with van der Waals surface area (Å²) in [7, 11) is 3.10. The highest BCUT2D eigenvalue weighted by Gasteiger charge is 2.37. The molecule has 2 aliphatic carbocycles. The number of nitrogens with one attached hydrogen (secondary N) is 2. The fourth-order valence-corrected chi connectivity index (χ4v) is 7.31. The monoisotopic (exact) mass is 614 g/mol. The second-order valence-corrected chi connectivity index (χ2v) is 13.7. The third-order valence-corrected chi connectivity index (χ3v) is 10.2. The summed E-state index contributed by atoms with van der Waals surface area (Å²) in [5, 5.41) is 11.1. The minimum Gasteiger partial charge on any atom is -0.496 e. The maximum atomic E-state index is 13.9. The van der Waals surface area contributed by atoms with Gasteiger partial charge in [-0.05, 0) is 125 Å². The fourth-order valence-electron chi connectivity index (χ4n) is 7.31. The largest absolute Gasteiger partial charge is 0.496 e. The molecule has 0 aliphatic heterocycles. The number of methoxy groups -OCH3 is 2. The topological polar surface area (TPSA) is 94.5 Å². The fraction of sp³-hybridized carbons (Fsp3) is 0.541. The van der Waals surface area contributed by atoms with E-state index in [0.717, 1.165) is 73.8 Å². The van der Waals surface area contributed by atoms with Crippen molar-refractivity contribution in [3.63, 3.8) is 0 Å². The molecule has 0 saturated heterocycles. The van der Waals surface area contributed by atoms with Crippen LogP contribution in [-0.4, -0.2) is 41.5 Å². The van der Waals surface area contributed by atoms with Gasteiger partial charge in [0, 0.05) is 29.3 Å². The van der Waals surface area contributed by atoms with Gasteiger partial charge in [-0.1, -0.05) is 30.3 Å². The van der Waals surface area contributed by atoms with Crippen LogP contribution in [0.4, 0.5) is 4.79 Å². The van der Waals surface area contributed by atoms with E-state index in [4.69, 9.17) is 9.47 Å². The predicted octanol–water partition coefficient (Wildman–Crippen LogP) is 7.88. The maximum absolute atomic E-state index is 13.9. The molecule has 0 spiro atoms.